The summed E-state index contributed by atoms with van der Waals surface area (Å²) in [5.74, 6) is -2.60. The van der Waals surface area contributed by atoms with Crippen LogP contribution in [0.4, 0.5) is 10.1 Å². The summed E-state index contributed by atoms with van der Waals surface area (Å²) < 4.78 is 12.8. The van der Waals surface area contributed by atoms with Crippen molar-refractivity contribution in [1.82, 2.24) is 0 Å². The number of carbonyl (C=O) groups excluding carboxylic acids is 1. The number of aliphatic carboxylic acids is 1. The van der Waals surface area contributed by atoms with Gasteiger partial charge in [-0.1, -0.05) is 6.07 Å². The smallest absolute Gasteiger partial charge is 0.304 e. The molecule has 0 saturated carbocycles. The third-order valence-corrected chi connectivity index (χ3v) is 2.34. The Bertz CT molecular complexity index is 444. The van der Waals surface area contributed by atoms with Crippen molar-refractivity contribution in [2.24, 2.45) is 0 Å². The fourth-order valence-corrected chi connectivity index (χ4v) is 1.68. The molecular weight excluding hydrogens is 201 g/mol. The second kappa shape index (κ2) is 3.34. The Balaban J connectivity index is 2.37. The van der Waals surface area contributed by atoms with Gasteiger partial charge in [0.2, 0.25) is 5.91 Å². The van der Waals surface area contributed by atoms with Crippen molar-refractivity contribution in [3.63, 3.8) is 0 Å². The van der Waals surface area contributed by atoms with Gasteiger partial charge in [-0.05, 0) is 17.7 Å². The van der Waals surface area contributed by atoms with Crippen LogP contribution in [0.3, 0.4) is 0 Å². The molecule has 1 atom stereocenters. The van der Waals surface area contributed by atoms with E-state index in [0.717, 1.165) is 0 Å². The number of carboxylic acid groups (broad SMARTS) is 1. The predicted molar refractivity (Wildman–Crippen MR) is 50.0 cm³/mol. The summed E-state index contributed by atoms with van der Waals surface area (Å²) in [5.41, 5.74) is 0.912. The fraction of sp³-hybridized carbons (Fsp3) is 0.200. The summed E-state index contributed by atoms with van der Waals surface area (Å²) in [5, 5.41) is 11.1. The van der Waals surface area contributed by atoms with Crippen molar-refractivity contribution in [3.05, 3.63) is 29.6 Å². The first-order valence-corrected chi connectivity index (χ1v) is 4.40. The minimum absolute atomic E-state index is 0.273. The summed E-state index contributed by atoms with van der Waals surface area (Å²) in [7, 11) is 0. The zero-order chi connectivity index (χ0) is 11.0. The lowest BCUT2D eigenvalue weighted by Gasteiger charge is -2.04. The summed E-state index contributed by atoms with van der Waals surface area (Å²) >= 11 is 0. The molecule has 2 N–H and O–H groups in total. The molecule has 0 saturated heterocycles. The maximum atomic E-state index is 12.8. The normalized spacial score (nSPS) is 18.5. The van der Waals surface area contributed by atoms with Crippen LogP contribution in [0.15, 0.2) is 18.2 Å². The second-order valence-corrected chi connectivity index (χ2v) is 3.37. The third-order valence-electron chi connectivity index (χ3n) is 2.34. The average molecular weight is 209 g/mol. The molecule has 78 valence electrons. The van der Waals surface area contributed by atoms with Crippen molar-refractivity contribution in [2.75, 3.05) is 5.32 Å². The van der Waals surface area contributed by atoms with Crippen LogP contribution in [0.25, 0.3) is 0 Å². The Labute approximate surface area is 84.7 Å². The molecular formula is C10H8FNO3. The molecule has 1 heterocycles. The van der Waals surface area contributed by atoms with Crippen LogP contribution in [0, 0.1) is 5.82 Å². The number of hydrogen-bond acceptors (Lipinski definition) is 2. The van der Waals surface area contributed by atoms with Crippen LogP contribution in [-0.4, -0.2) is 17.0 Å². The number of carboxylic acids is 1. The van der Waals surface area contributed by atoms with Crippen molar-refractivity contribution in [2.45, 2.75) is 12.3 Å². The quantitative estimate of drug-likeness (QED) is 0.772. The number of rotatable bonds is 2. The van der Waals surface area contributed by atoms with Gasteiger partial charge in [0.05, 0.1) is 12.3 Å². The number of hydrogen-bond donors (Lipinski definition) is 2. The van der Waals surface area contributed by atoms with Gasteiger partial charge >= 0.3 is 5.97 Å². The van der Waals surface area contributed by atoms with Gasteiger partial charge in [0, 0.05) is 5.69 Å². The average Bonchev–Trinajstić information content (AvgIpc) is 2.41. The number of anilines is 1. The van der Waals surface area contributed by atoms with E-state index >= 15 is 0 Å². The Hall–Kier alpha value is -1.91. The van der Waals surface area contributed by atoms with E-state index in [2.05, 4.69) is 5.32 Å². The van der Waals surface area contributed by atoms with Gasteiger partial charge in [0.25, 0.3) is 0 Å². The topological polar surface area (TPSA) is 66.4 Å². The molecule has 1 unspecified atom stereocenters. The number of nitrogens with one attached hydrogen (secondary N) is 1. The molecule has 0 aromatic heterocycles. The lowest BCUT2D eigenvalue weighted by atomic mass is 9.97. The minimum Gasteiger partial charge on any atom is -0.481 e. The molecule has 0 spiro atoms. The predicted octanol–water partition coefficient (Wildman–Crippen LogP) is 1.34. The highest BCUT2D eigenvalue weighted by molar-refractivity contribution is 6.04. The third kappa shape index (κ3) is 1.68. The van der Waals surface area contributed by atoms with E-state index in [9.17, 15) is 14.0 Å². The lowest BCUT2D eigenvalue weighted by Crippen LogP contribution is -2.15. The van der Waals surface area contributed by atoms with Gasteiger partial charge < -0.3 is 10.4 Å². The van der Waals surface area contributed by atoms with Crippen LogP contribution < -0.4 is 5.32 Å². The van der Waals surface area contributed by atoms with E-state index in [-0.39, 0.29) is 6.42 Å². The minimum atomic E-state index is -1.05. The van der Waals surface area contributed by atoms with E-state index < -0.39 is 23.6 Å². The number of amides is 1. The monoisotopic (exact) mass is 209 g/mol. The maximum Gasteiger partial charge on any atom is 0.304 e. The molecule has 5 heteroatoms. The molecule has 0 radical (unpaired) electrons. The molecule has 15 heavy (non-hydrogen) atoms. The van der Waals surface area contributed by atoms with Gasteiger partial charge in [-0.2, -0.15) is 0 Å². The molecule has 1 aromatic rings. The van der Waals surface area contributed by atoms with Gasteiger partial charge in [0.15, 0.2) is 0 Å². The van der Waals surface area contributed by atoms with Crippen LogP contribution in [0.1, 0.15) is 17.9 Å². The van der Waals surface area contributed by atoms with Crippen LogP contribution >= 0.6 is 0 Å². The van der Waals surface area contributed by atoms with Crippen LogP contribution in [-0.2, 0) is 9.59 Å². The summed E-state index contributed by atoms with van der Waals surface area (Å²) in [4.78, 5) is 21.9. The molecule has 1 aliphatic heterocycles. The van der Waals surface area contributed by atoms with E-state index in [1.54, 1.807) is 0 Å². The van der Waals surface area contributed by atoms with E-state index in [1.165, 1.54) is 18.2 Å². The summed E-state index contributed by atoms with van der Waals surface area (Å²) in [6.45, 7) is 0. The molecule has 4 nitrogen and oxygen atoms in total. The maximum absolute atomic E-state index is 12.8. The highest BCUT2D eigenvalue weighted by Crippen LogP contribution is 2.34. The zero-order valence-corrected chi connectivity index (χ0v) is 7.66. The number of carbonyl (C=O) groups is 2. The highest BCUT2D eigenvalue weighted by Gasteiger charge is 2.32. The second-order valence-electron chi connectivity index (χ2n) is 3.37. The Morgan fingerprint density at radius 1 is 1.53 bits per heavy atom. The van der Waals surface area contributed by atoms with Crippen molar-refractivity contribution in [1.29, 1.82) is 0 Å². The molecule has 0 bridgehead atoms. The first kappa shape index (κ1) is 9.64. The summed E-state index contributed by atoms with van der Waals surface area (Å²) in [6.07, 6.45) is -0.273. The van der Waals surface area contributed by atoms with Gasteiger partial charge in [-0.25, -0.2) is 4.39 Å². The van der Waals surface area contributed by atoms with E-state index in [4.69, 9.17) is 5.11 Å². The van der Waals surface area contributed by atoms with E-state index in [1.807, 2.05) is 0 Å². The van der Waals surface area contributed by atoms with Crippen molar-refractivity contribution >= 4 is 17.6 Å². The summed E-state index contributed by atoms with van der Waals surface area (Å²) in [6, 6.07) is 3.85. The lowest BCUT2D eigenvalue weighted by molar-refractivity contribution is -0.138. The van der Waals surface area contributed by atoms with Crippen molar-refractivity contribution < 1.29 is 19.1 Å². The number of benzene rings is 1. The van der Waals surface area contributed by atoms with Gasteiger partial charge in [0.1, 0.15) is 5.82 Å². The fourth-order valence-electron chi connectivity index (χ4n) is 1.68. The van der Waals surface area contributed by atoms with Gasteiger partial charge in [-0.3, -0.25) is 9.59 Å². The standard InChI is InChI=1S/C10H8FNO3/c11-5-1-2-6-7(4-9(13)14)10(15)12-8(6)3-5/h1-3,7H,4H2,(H,12,15)(H,13,14). The molecule has 0 fully saturated rings. The SMILES string of the molecule is O=C(O)CC1C(=O)Nc2cc(F)ccc21. The first-order valence-electron chi connectivity index (χ1n) is 4.40. The molecule has 1 aliphatic rings. The number of fused-ring (bicyclic) bond motifs is 1. The Kier molecular flexibility index (Phi) is 2.15. The first-order chi connectivity index (χ1) is 7.08. The number of halogens is 1. The van der Waals surface area contributed by atoms with Crippen LogP contribution in [0.2, 0.25) is 0 Å². The van der Waals surface area contributed by atoms with Gasteiger partial charge in [-0.15, -0.1) is 0 Å². The molecule has 1 amide bonds. The van der Waals surface area contributed by atoms with E-state index in [0.29, 0.717) is 11.3 Å². The Morgan fingerprint density at radius 2 is 2.27 bits per heavy atom. The zero-order valence-electron chi connectivity index (χ0n) is 7.66. The highest BCUT2D eigenvalue weighted by atomic mass is 19.1. The Morgan fingerprint density at radius 3 is 2.93 bits per heavy atom. The van der Waals surface area contributed by atoms with Crippen molar-refractivity contribution in [3.8, 4) is 0 Å². The molecule has 0 aliphatic carbocycles. The molecule has 2 rings (SSSR count). The molecule has 1 aromatic carbocycles. The largest absolute Gasteiger partial charge is 0.481 e. The van der Waals surface area contributed by atoms with Crippen LogP contribution in [0.5, 0.6) is 0 Å².